The third-order valence-corrected chi connectivity index (χ3v) is 3.84. The van der Waals surface area contributed by atoms with Crippen molar-refractivity contribution in [1.29, 1.82) is 5.26 Å². The Morgan fingerprint density at radius 1 is 1.45 bits per heavy atom. The van der Waals surface area contributed by atoms with Crippen LogP contribution in [0.3, 0.4) is 0 Å². The molecule has 0 bridgehead atoms. The van der Waals surface area contributed by atoms with Crippen LogP contribution in [0.2, 0.25) is 5.02 Å². The number of aromatic amines is 1. The molecule has 1 aromatic carbocycles. The van der Waals surface area contributed by atoms with Crippen LogP contribution >= 0.6 is 11.6 Å². The molecule has 0 atom stereocenters. The van der Waals surface area contributed by atoms with Crippen LogP contribution in [0.1, 0.15) is 22.4 Å². The zero-order valence-electron chi connectivity index (χ0n) is 11.6. The number of halogens is 1. The van der Waals surface area contributed by atoms with Crippen molar-refractivity contribution in [3.63, 3.8) is 0 Å². The van der Waals surface area contributed by atoms with Crippen LogP contribution in [0, 0.1) is 18.3 Å². The predicted octanol–water partition coefficient (Wildman–Crippen LogP) is 2.15. The molecule has 0 saturated carbocycles. The molecule has 3 rings (SSSR count). The SMILES string of the molecule is Cc1nn2c(O)c(Cc3ccccc3Cl)c(=O)[nH]c2c1C#N. The number of aryl methyl sites for hydroxylation is 1. The summed E-state index contributed by atoms with van der Waals surface area (Å²) in [7, 11) is 0. The molecule has 2 N–H and O–H groups in total. The summed E-state index contributed by atoms with van der Waals surface area (Å²) in [5.74, 6) is -0.289. The Labute approximate surface area is 130 Å². The van der Waals surface area contributed by atoms with Gasteiger partial charge in [-0.05, 0) is 18.6 Å². The summed E-state index contributed by atoms with van der Waals surface area (Å²) < 4.78 is 1.17. The molecule has 0 amide bonds. The highest BCUT2D eigenvalue weighted by molar-refractivity contribution is 6.31. The van der Waals surface area contributed by atoms with Gasteiger partial charge in [0.1, 0.15) is 11.6 Å². The zero-order chi connectivity index (χ0) is 15.9. The Morgan fingerprint density at radius 2 is 2.18 bits per heavy atom. The van der Waals surface area contributed by atoms with Crippen molar-refractivity contribution in [2.75, 3.05) is 0 Å². The maximum Gasteiger partial charge on any atom is 0.258 e. The van der Waals surface area contributed by atoms with E-state index in [2.05, 4.69) is 10.1 Å². The van der Waals surface area contributed by atoms with Gasteiger partial charge in [-0.1, -0.05) is 29.8 Å². The van der Waals surface area contributed by atoms with E-state index in [1.54, 1.807) is 31.2 Å². The van der Waals surface area contributed by atoms with Gasteiger partial charge in [0.2, 0.25) is 5.88 Å². The highest BCUT2D eigenvalue weighted by atomic mass is 35.5. The number of benzene rings is 1. The molecule has 2 heterocycles. The maximum absolute atomic E-state index is 12.2. The van der Waals surface area contributed by atoms with E-state index in [1.165, 1.54) is 4.52 Å². The second-order valence-electron chi connectivity index (χ2n) is 4.86. The lowest BCUT2D eigenvalue weighted by Gasteiger charge is -2.07. The molecule has 0 aliphatic carbocycles. The Kier molecular flexibility index (Phi) is 3.35. The summed E-state index contributed by atoms with van der Waals surface area (Å²) in [5.41, 5.74) is 1.24. The van der Waals surface area contributed by atoms with Crippen LogP contribution in [0.5, 0.6) is 5.88 Å². The first-order valence-corrected chi connectivity index (χ1v) is 6.87. The minimum Gasteiger partial charge on any atom is -0.493 e. The molecule has 0 spiro atoms. The molecule has 0 aliphatic heterocycles. The topological polar surface area (TPSA) is 94.2 Å². The van der Waals surface area contributed by atoms with Crippen molar-refractivity contribution in [2.45, 2.75) is 13.3 Å². The van der Waals surface area contributed by atoms with Crippen molar-refractivity contribution >= 4 is 17.2 Å². The molecule has 0 fully saturated rings. The second-order valence-corrected chi connectivity index (χ2v) is 5.26. The third kappa shape index (κ3) is 2.12. The number of fused-ring (bicyclic) bond motifs is 1. The van der Waals surface area contributed by atoms with Crippen LogP contribution in [0.4, 0.5) is 0 Å². The summed E-state index contributed by atoms with van der Waals surface area (Å²) >= 11 is 6.09. The summed E-state index contributed by atoms with van der Waals surface area (Å²) in [4.78, 5) is 14.8. The number of rotatable bonds is 2. The van der Waals surface area contributed by atoms with Crippen molar-refractivity contribution in [1.82, 2.24) is 14.6 Å². The molecule has 0 saturated heterocycles. The first kappa shape index (κ1) is 14.2. The zero-order valence-corrected chi connectivity index (χ0v) is 12.3. The number of nitrogens with zero attached hydrogens (tertiary/aromatic N) is 3. The van der Waals surface area contributed by atoms with Crippen LogP contribution in [-0.4, -0.2) is 19.7 Å². The quantitative estimate of drug-likeness (QED) is 0.757. The molecule has 22 heavy (non-hydrogen) atoms. The van der Waals surface area contributed by atoms with E-state index in [1.807, 2.05) is 6.07 Å². The van der Waals surface area contributed by atoms with E-state index in [4.69, 9.17) is 16.9 Å². The van der Waals surface area contributed by atoms with E-state index in [0.717, 1.165) is 0 Å². The smallest absolute Gasteiger partial charge is 0.258 e. The predicted molar refractivity (Wildman–Crippen MR) is 81.2 cm³/mol. The fourth-order valence-electron chi connectivity index (χ4n) is 2.33. The van der Waals surface area contributed by atoms with E-state index in [0.29, 0.717) is 16.3 Å². The largest absolute Gasteiger partial charge is 0.493 e. The van der Waals surface area contributed by atoms with Gasteiger partial charge >= 0.3 is 0 Å². The maximum atomic E-state index is 12.2. The number of hydrogen-bond acceptors (Lipinski definition) is 4. The number of nitriles is 1. The average Bonchev–Trinajstić information content (AvgIpc) is 2.81. The Balaban J connectivity index is 2.22. The lowest BCUT2D eigenvalue weighted by molar-refractivity contribution is 0.427. The Hall–Kier alpha value is -2.78. The van der Waals surface area contributed by atoms with E-state index in [-0.39, 0.29) is 29.1 Å². The summed E-state index contributed by atoms with van der Waals surface area (Å²) in [5, 5.41) is 24.0. The van der Waals surface area contributed by atoms with E-state index < -0.39 is 5.56 Å². The van der Waals surface area contributed by atoms with E-state index >= 15 is 0 Å². The average molecular weight is 315 g/mol. The van der Waals surface area contributed by atoms with Gasteiger partial charge in [-0.3, -0.25) is 4.79 Å². The van der Waals surface area contributed by atoms with Gasteiger partial charge in [-0.25, -0.2) is 0 Å². The van der Waals surface area contributed by atoms with Crippen molar-refractivity contribution in [3.05, 3.63) is 62.0 Å². The summed E-state index contributed by atoms with van der Waals surface area (Å²) in [6, 6.07) is 9.05. The third-order valence-electron chi connectivity index (χ3n) is 3.47. The highest BCUT2D eigenvalue weighted by Crippen LogP contribution is 2.23. The second kappa shape index (κ2) is 5.20. The molecule has 2 aromatic heterocycles. The molecule has 0 unspecified atom stereocenters. The molecular formula is C15H11ClN4O2. The molecule has 110 valence electrons. The van der Waals surface area contributed by atoms with Crippen LogP contribution in [0.25, 0.3) is 5.65 Å². The molecule has 0 aliphatic rings. The molecule has 7 heteroatoms. The first-order chi connectivity index (χ1) is 10.5. The normalized spacial score (nSPS) is 10.8. The first-order valence-electron chi connectivity index (χ1n) is 6.50. The Morgan fingerprint density at radius 3 is 2.86 bits per heavy atom. The fraction of sp³-hybridized carbons (Fsp3) is 0.133. The Bertz CT molecular complexity index is 982. The number of aromatic hydroxyl groups is 1. The van der Waals surface area contributed by atoms with Gasteiger partial charge < -0.3 is 10.1 Å². The molecule has 3 aromatic rings. The van der Waals surface area contributed by atoms with Crippen LogP contribution in [0.15, 0.2) is 29.1 Å². The van der Waals surface area contributed by atoms with Gasteiger partial charge in [0, 0.05) is 11.4 Å². The minimum absolute atomic E-state index is 0.146. The van der Waals surface area contributed by atoms with Crippen molar-refractivity contribution in [2.24, 2.45) is 0 Å². The van der Waals surface area contributed by atoms with Gasteiger partial charge in [-0.15, -0.1) is 0 Å². The van der Waals surface area contributed by atoms with Gasteiger partial charge in [0.05, 0.1) is 11.3 Å². The van der Waals surface area contributed by atoms with Gasteiger partial charge in [0.15, 0.2) is 5.65 Å². The minimum atomic E-state index is -0.471. The standard InChI is InChI=1S/C15H11ClN4O2/c1-8-11(7-17)13-18-14(21)10(15(22)20(13)19-8)6-9-4-2-3-5-12(9)16/h2-5,22H,6H2,1H3,(H,18,21). The van der Waals surface area contributed by atoms with Gasteiger partial charge in [-0.2, -0.15) is 14.9 Å². The van der Waals surface area contributed by atoms with Gasteiger partial charge in [0.25, 0.3) is 5.56 Å². The highest BCUT2D eigenvalue weighted by Gasteiger charge is 2.18. The number of H-pyrrole nitrogens is 1. The summed E-state index contributed by atoms with van der Waals surface area (Å²) in [6.45, 7) is 1.64. The molecule has 6 nitrogen and oxygen atoms in total. The molecular weight excluding hydrogens is 304 g/mol. The van der Waals surface area contributed by atoms with E-state index in [9.17, 15) is 9.90 Å². The van der Waals surface area contributed by atoms with Crippen molar-refractivity contribution < 1.29 is 5.11 Å². The number of hydrogen-bond donors (Lipinski definition) is 2. The number of nitrogens with one attached hydrogen (secondary N) is 1. The van der Waals surface area contributed by atoms with Crippen LogP contribution in [-0.2, 0) is 6.42 Å². The van der Waals surface area contributed by atoms with Crippen molar-refractivity contribution in [3.8, 4) is 11.9 Å². The lowest BCUT2D eigenvalue weighted by atomic mass is 10.1. The monoisotopic (exact) mass is 314 g/mol. The lowest BCUT2D eigenvalue weighted by Crippen LogP contribution is -2.16. The molecule has 0 radical (unpaired) electrons. The number of aromatic nitrogens is 3. The fourth-order valence-corrected chi connectivity index (χ4v) is 2.54. The summed E-state index contributed by atoms with van der Waals surface area (Å²) in [6.07, 6.45) is 0.164. The van der Waals surface area contributed by atoms with Crippen LogP contribution < -0.4 is 5.56 Å².